The zero-order valence-electron chi connectivity index (χ0n) is 18.4. The van der Waals surface area contributed by atoms with E-state index >= 15 is 0 Å². The van der Waals surface area contributed by atoms with Crippen LogP contribution in [0, 0.1) is 24.0 Å². The van der Waals surface area contributed by atoms with Crippen LogP contribution in [-0.2, 0) is 11.4 Å². The van der Waals surface area contributed by atoms with E-state index in [0.717, 1.165) is 16.9 Å². The number of nitrogens with zero attached hydrogens (tertiary/aromatic N) is 4. The minimum absolute atomic E-state index is 0.0843. The van der Waals surface area contributed by atoms with E-state index in [9.17, 15) is 14.9 Å². The average Bonchev–Trinajstić information content (AvgIpc) is 3.10. The van der Waals surface area contributed by atoms with Gasteiger partial charge in [0.25, 0.3) is 5.91 Å². The molecule has 3 rings (SSSR count). The van der Waals surface area contributed by atoms with Crippen LogP contribution in [0.5, 0.6) is 5.75 Å². The summed E-state index contributed by atoms with van der Waals surface area (Å²) in [6, 6.07) is 16.5. The van der Waals surface area contributed by atoms with Crippen LogP contribution in [0.3, 0.4) is 0 Å². The first kappa shape index (κ1) is 22.7. The number of benzene rings is 2. The first-order chi connectivity index (χ1) is 15.3. The highest BCUT2D eigenvalue weighted by Gasteiger charge is 2.27. The lowest BCUT2D eigenvalue weighted by Gasteiger charge is -2.12. The molecule has 0 spiro atoms. The molecule has 1 amide bonds. The number of aromatic nitrogens is 2. The van der Waals surface area contributed by atoms with E-state index in [0.29, 0.717) is 18.0 Å². The Kier molecular flexibility index (Phi) is 6.99. The summed E-state index contributed by atoms with van der Waals surface area (Å²) >= 11 is 0. The third kappa shape index (κ3) is 5.18. The van der Waals surface area contributed by atoms with Crippen LogP contribution in [0.25, 0.3) is 0 Å². The van der Waals surface area contributed by atoms with Gasteiger partial charge in [-0.15, -0.1) is 0 Å². The smallest absolute Gasteiger partial charge is 0.312 e. The molecule has 2 aromatic carbocycles. The fourth-order valence-electron chi connectivity index (χ4n) is 3.24. The molecular formula is C23H25N5O4. The molecule has 1 atom stereocenters. The molecule has 0 aliphatic rings. The molecule has 0 bridgehead atoms. The molecule has 32 heavy (non-hydrogen) atoms. The molecule has 9 nitrogen and oxygen atoms in total. The zero-order chi connectivity index (χ0) is 23.3. The predicted molar refractivity (Wildman–Crippen MR) is 121 cm³/mol. The summed E-state index contributed by atoms with van der Waals surface area (Å²) in [4.78, 5) is 23.2. The topological polar surface area (TPSA) is 112 Å². The van der Waals surface area contributed by atoms with Gasteiger partial charge in [-0.25, -0.2) is 5.43 Å². The van der Waals surface area contributed by atoms with Crippen LogP contribution in [0.4, 0.5) is 5.69 Å². The van der Waals surface area contributed by atoms with Crippen molar-refractivity contribution in [3.8, 4) is 5.75 Å². The largest absolute Gasteiger partial charge is 0.489 e. The average molecular weight is 435 g/mol. The quantitative estimate of drug-likeness (QED) is 0.325. The number of carbonyl (C=O) groups excluding carboxylic acids is 1. The highest BCUT2D eigenvalue weighted by Crippen LogP contribution is 2.24. The predicted octanol–water partition coefficient (Wildman–Crippen LogP) is 4.09. The Morgan fingerprint density at radius 3 is 2.44 bits per heavy atom. The summed E-state index contributed by atoms with van der Waals surface area (Å²) in [5, 5.41) is 19.5. The van der Waals surface area contributed by atoms with E-state index in [2.05, 4.69) is 15.6 Å². The van der Waals surface area contributed by atoms with Gasteiger partial charge in [0.2, 0.25) is 0 Å². The standard InChI is InChI=1S/C23H25N5O4/c1-15(20-10-12-21(13-11-20)32-14-19-8-6-5-7-9-19)24-25-23(29)18(4)27-17(3)22(28(30)31)16(2)26-27/h5-13,18H,14H2,1-4H3,(H,25,29)/b24-15+. The van der Waals surface area contributed by atoms with Gasteiger partial charge in [-0.3, -0.25) is 19.6 Å². The number of carbonyl (C=O) groups is 1. The third-order valence-electron chi connectivity index (χ3n) is 5.07. The van der Waals surface area contributed by atoms with Gasteiger partial charge in [-0.2, -0.15) is 10.2 Å². The number of hydrogen-bond donors (Lipinski definition) is 1. The molecule has 0 aliphatic heterocycles. The Morgan fingerprint density at radius 2 is 1.84 bits per heavy atom. The van der Waals surface area contributed by atoms with E-state index in [1.807, 2.05) is 54.6 Å². The number of aryl methyl sites for hydroxylation is 1. The van der Waals surface area contributed by atoms with Crippen LogP contribution < -0.4 is 10.2 Å². The summed E-state index contributed by atoms with van der Waals surface area (Å²) < 4.78 is 7.12. The van der Waals surface area contributed by atoms with Crippen molar-refractivity contribution >= 4 is 17.3 Å². The third-order valence-corrected chi connectivity index (χ3v) is 5.07. The molecule has 0 saturated heterocycles. The Bertz CT molecular complexity index is 1140. The van der Waals surface area contributed by atoms with E-state index in [4.69, 9.17) is 4.74 Å². The Morgan fingerprint density at radius 1 is 1.19 bits per heavy atom. The number of nitrogens with one attached hydrogen (secondary N) is 1. The molecule has 1 heterocycles. The van der Waals surface area contributed by atoms with Crippen molar-refractivity contribution in [3.05, 3.63) is 87.2 Å². The Labute approximate surface area is 185 Å². The second-order valence-corrected chi connectivity index (χ2v) is 7.37. The van der Waals surface area contributed by atoms with Crippen LogP contribution in [0.1, 0.15) is 42.4 Å². The first-order valence-electron chi connectivity index (χ1n) is 10.1. The number of amides is 1. The van der Waals surface area contributed by atoms with E-state index in [1.54, 1.807) is 27.7 Å². The van der Waals surface area contributed by atoms with Gasteiger partial charge in [0.15, 0.2) is 0 Å². The van der Waals surface area contributed by atoms with Crippen molar-refractivity contribution in [1.82, 2.24) is 15.2 Å². The van der Waals surface area contributed by atoms with Crippen LogP contribution in [0.2, 0.25) is 0 Å². The SMILES string of the molecule is C/C(=N\NC(=O)C(C)n1nc(C)c([N+](=O)[O-])c1C)c1ccc(OCc2ccccc2)cc1. The fraction of sp³-hybridized carbons (Fsp3) is 0.261. The minimum Gasteiger partial charge on any atom is -0.489 e. The molecule has 1 unspecified atom stereocenters. The molecule has 0 radical (unpaired) electrons. The molecule has 9 heteroatoms. The number of hydrazone groups is 1. The molecule has 1 aromatic heterocycles. The number of ether oxygens (including phenoxy) is 1. The zero-order valence-corrected chi connectivity index (χ0v) is 18.4. The van der Waals surface area contributed by atoms with Gasteiger partial charge < -0.3 is 4.74 Å². The number of hydrogen-bond acceptors (Lipinski definition) is 6. The van der Waals surface area contributed by atoms with Gasteiger partial charge in [0, 0.05) is 0 Å². The van der Waals surface area contributed by atoms with E-state index in [-0.39, 0.29) is 11.4 Å². The molecular weight excluding hydrogens is 410 g/mol. The summed E-state index contributed by atoms with van der Waals surface area (Å²) in [6.45, 7) is 6.98. The molecule has 1 N–H and O–H groups in total. The summed E-state index contributed by atoms with van der Waals surface area (Å²) in [5.74, 6) is 0.307. The lowest BCUT2D eigenvalue weighted by atomic mass is 10.1. The minimum atomic E-state index is -0.757. The molecule has 166 valence electrons. The van der Waals surface area contributed by atoms with Gasteiger partial charge in [-0.05, 0) is 63.1 Å². The Balaban J connectivity index is 1.61. The van der Waals surface area contributed by atoms with Gasteiger partial charge >= 0.3 is 5.69 Å². The molecule has 0 fully saturated rings. The van der Waals surface area contributed by atoms with E-state index < -0.39 is 16.9 Å². The van der Waals surface area contributed by atoms with Gasteiger partial charge in [-0.1, -0.05) is 30.3 Å². The van der Waals surface area contributed by atoms with E-state index in [1.165, 1.54) is 4.68 Å². The van der Waals surface area contributed by atoms with Gasteiger partial charge in [0.1, 0.15) is 29.8 Å². The highest BCUT2D eigenvalue weighted by atomic mass is 16.6. The molecule has 0 saturated carbocycles. The maximum absolute atomic E-state index is 12.5. The number of nitro groups is 1. The molecule has 3 aromatic rings. The molecule has 0 aliphatic carbocycles. The summed E-state index contributed by atoms with van der Waals surface area (Å²) in [7, 11) is 0. The Hall–Kier alpha value is -4.01. The first-order valence-corrected chi connectivity index (χ1v) is 10.1. The number of rotatable bonds is 8. The lowest BCUT2D eigenvalue weighted by Crippen LogP contribution is -2.29. The monoisotopic (exact) mass is 435 g/mol. The van der Waals surface area contributed by atoms with Crippen LogP contribution in [0.15, 0.2) is 59.7 Å². The second-order valence-electron chi connectivity index (χ2n) is 7.37. The maximum atomic E-state index is 12.5. The van der Waals surface area contributed by atoms with Crippen molar-refractivity contribution in [2.45, 2.75) is 40.3 Å². The van der Waals surface area contributed by atoms with Gasteiger partial charge in [0.05, 0.1) is 10.6 Å². The van der Waals surface area contributed by atoms with Crippen molar-refractivity contribution in [2.24, 2.45) is 5.10 Å². The van der Waals surface area contributed by atoms with Crippen molar-refractivity contribution in [1.29, 1.82) is 0 Å². The van der Waals surface area contributed by atoms with Crippen molar-refractivity contribution < 1.29 is 14.5 Å². The second kappa shape index (κ2) is 9.86. The fourth-order valence-corrected chi connectivity index (χ4v) is 3.24. The van der Waals surface area contributed by atoms with Crippen LogP contribution in [-0.4, -0.2) is 26.3 Å². The lowest BCUT2D eigenvalue weighted by molar-refractivity contribution is -0.386. The highest BCUT2D eigenvalue weighted by molar-refractivity contribution is 5.99. The summed E-state index contributed by atoms with van der Waals surface area (Å²) in [6.07, 6.45) is 0. The van der Waals surface area contributed by atoms with Crippen molar-refractivity contribution in [3.63, 3.8) is 0 Å². The summed E-state index contributed by atoms with van der Waals surface area (Å²) in [5.41, 5.74) is 5.53. The van der Waals surface area contributed by atoms with Crippen molar-refractivity contribution in [2.75, 3.05) is 0 Å². The van der Waals surface area contributed by atoms with Crippen LogP contribution >= 0.6 is 0 Å². The normalized spacial score (nSPS) is 12.3. The maximum Gasteiger partial charge on any atom is 0.312 e.